The highest BCUT2D eigenvalue weighted by Crippen LogP contribution is 2.35. The zero-order valence-corrected chi connectivity index (χ0v) is 13.6. The number of ether oxygens (including phenoxy) is 3. The zero-order valence-electron chi connectivity index (χ0n) is 13.6. The molecule has 1 saturated heterocycles. The monoisotopic (exact) mass is 324 g/mol. The molecule has 0 spiro atoms. The number of carboxylic acid groups (broad SMARTS) is 1. The molecule has 2 rings (SSSR count). The molecule has 1 aliphatic heterocycles. The summed E-state index contributed by atoms with van der Waals surface area (Å²) in [6.45, 7) is 3.10. The molecule has 2 N–H and O–H groups in total. The summed E-state index contributed by atoms with van der Waals surface area (Å²) in [4.78, 5) is 11.5. The maximum atomic E-state index is 11.5. The summed E-state index contributed by atoms with van der Waals surface area (Å²) < 4.78 is 16.7. The Hall–Kier alpha value is -1.79. The van der Waals surface area contributed by atoms with Crippen molar-refractivity contribution in [2.45, 2.75) is 44.8 Å². The van der Waals surface area contributed by atoms with Gasteiger partial charge in [-0.2, -0.15) is 0 Å². The average molecular weight is 324 g/mol. The van der Waals surface area contributed by atoms with Crippen LogP contribution < -0.4 is 4.74 Å². The molecule has 0 saturated carbocycles. The quantitative estimate of drug-likeness (QED) is 0.715. The van der Waals surface area contributed by atoms with Gasteiger partial charge in [0.15, 0.2) is 5.79 Å². The third-order valence-corrected chi connectivity index (χ3v) is 4.06. The van der Waals surface area contributed by atoms with Crippen molar-refractivity contribution in [2.24, 2.45) is 0 Å². The van der Waals surface area contributed by atoms with Gasteiger partial charge in [0.2, 0.25) is 0 Å². The average Bonchev–Trinajstić information content (AvgIpc) is 2.95. The number of aromatic carboxylic acids is 1. The van der Waals surface area contributed by atoms with Crippen molar-refractivity contribution in [3.8, 4) is 11.5 Å². The smallest absolute Gasteiger partial charge is 0.339 e. The van der Waals surface area contributed by atoms with E-state index >= 15 is 0 Å². The van der Waals surface area contributed by atoms with Crippen LogP contribution in [0.2, 0.25) is 0 Å². The SMILES string of the molecule is CCCCCC1(Cc2cc(OC)cc(O)c2C(=O)O)OCCO1. The van der Waals surface area contributed by atoms with Gasteiger partial charge in [-0.15, -0.1) is 0 Å². The van der Waals surface area contributed by atoms with Gasteiger partial charge in [0.05, 0.1) is 20.3 Å². The van der Waals surface area contributed by atoms with Gasteiger partial charge in [0, 0.05) is 18.9 Å². The van der Waals surface area contributed by atoms with Gasteiger partial charge >= 0.3 is 5.97 Å². The number of rotatable bonds is 8. The number of hydrogen-bond acceptors (Lipinski definition) is 5. The number of aromatic hydroxyl groups is 1. The maximum Gasteiger partial charge on any atom is 0.339 e. The highest BCUT2D eigenvalue weighted by molar-refractivity contribution is 5.93. The molecule has 6 heteroatoms. The molecule has 1 aliphatic rings. The number of phenols is 1. The normalized spacial score (nSPS) is 16.4. The van der Waals surface area contributed by atoms with Crippen molar-refractivity contribution in [2.75, 3.05) is 20.3 Å². The minimum Gasteiger partial charge on any atom is -0.507 e. The molecule has 0 aromatic heterocycles. The Morgan fingerprint density at radius 3 is 2.57 bits per heavy atom. The van der Waals surface area contributed by atoms with Gasteiger partial charge in [-0.3, -0.25) is 0 Å². The molecule has 0 amide bonds. The lowest BCUT2D eigenvalue weighted by Crippen LogP contribution is -2.33. The Kier molecular flexibility index (Phi) is 5.85. The number of unbranched alkanes of at least 4 members (excludes halogenated alkanes) is 2. The number of carboxylic acids is 1. The summed E-state index contributed by atoms with van der Waals surface area (Å²) >= 11 is 0. The maximum absolute atomic E-state index is 11.5. The van der Waals surface area contributed by atoms with Crippen LogP contribution >= 0.6 is 0 Å². The first kappa shape index (κ1) is 17.6. The van der Waals surface area contributed by atoms with E-state index in [1.807, 2.05) is 0 Å². The molecule has 6 nitrogen and oxygen atoms in total. The molecule has 128 valence electrons. The van der Waals surface area contributed by atoms with Gasteiger partial charge in [-0.05, 0) is 18.1 Å². The van der Waals surface area contributed by atoms with Crippen molar-refractivity contribution in [1.29, 1.82) is 0 Å². The van der Waals surface area contributed by atoms with Crippen molar-refractivity contribution in [1.82, 2.24) is 0 Å². The van der Waals surface area contributed by atoms with E-state index in [9.17, 15) is 15.0 Å². The summed E-state index contributed by atoms with van der Waals surface area (Å²) in [6.07, 6.45) is 4.04. The molecular formula is C17H24O6. The second-order valence-electron chi connectivity index (χ2n) is 5.73. The first-order valence-electron chi connectivity index (χ1n) is 7.92. The molecule has 1 heterocycles. The minimum absolute atomic E-state index is 0.125. The van der Waals surface area contributed by atoms with Crippen molar-refractivity contribution in [3.05, 3.63) is 23.3 Å². The largest absolute Gasteiger partial charge is 0.507 e. The fourth-order valence-corrected chi connectivity index (χ4v) is 2.93. The summed E-state index contributed by atoms with van der Waals surface area (Å²) in [6, 6.07) is 2.92. The fraction of sp³-hybridized carbons (Fsp3) is 0.588. The van der Waals surface area contributed by atoms with Crippen molar-refractivity contribution < 1.29 is 29.2 Å². The second-order valence-corrected chi connectivity index (χ2v) is 5.73. The predicted octanol–water partition coefficient (Wildman–Crippen LogP) is 2.96. The van der Waals surface area contributed by atoms with E-state index in [0.29, 0.717) is 30.9 Å². The first-order chi connectivity index (χ1) is 11.0. The Bertz CT molecular complexity index is 548. The zero-order chi connectivity index (χ0) is 16.9. The van der Waals surface area contributed by atoms with Crippen LogP contribution in [0.5, 0.6) is 11.5 Å². The third-order valence-electron chi connectivity index (χ3n) is 4.06. The lowest BCUT2D eigenvalue weighted by molar-refractivity contribution is -0.161. The number of carbonyl (C=O) groups is 1. The van der Waals surface area contributed by atoms with Gasteiger partial charge in [0.1, 0.15) is 17.1 Å². The minimum atomic E-state index is -1.18. The molecule has 0 radical (unpaired) electrons. The molecular weight excluding hydrogens is 300 g/mol. The third kappa shape index (κ3) is 4.14. The van der Waals surface area contributed by atoms with E-state index in [1.165, 1.54) is 13.2 Å². The number of hydrogen-bond donors (Lipinski definition) is 2. The van der Waals surface area contributed by atoms with E-state index in [2.05, 4.69) is 6.92 Å². The van der Waals surface area contributed by atoms with Crippen LogP contribution in [0.4, 0.5) is 0 Å². The Morgan fingerprint density at radius 2 is 2.00 bits per heavy atom. The summed E-state index contributed by atoms with van der Waals surface area (Å²) in [7, 11) is 1.47. The van der Waals surface area contributed by atoms with E-state index in [-0.39, 0.29) is 17.7 Å². The molecule has 0 bridgehead atoms. The Morgan fingerprint density at radius 1 is 1.30 bits per heavy atom. The molecule has 23 heavy (non-hydrogen) atoms. The molecule has 0 aliphatic carbocycles. The Labute approximate surface area is 136 Å². The standard InChI is InChI=1S/C17H24O6/c1-3-4-5-6-17(22-7-8-23-17)11-12-9-13(21-2)10-14(18)15(12)16(19)20/h9-10,18H,3-8,11H2,1-2H3,(H,19,20). The van der Waals surface area contributed by atoms with Gasteiger partial charge in [-0.1, -0.05) is 19.8 Å². The van der Waals surface area contributed by atoms with E-state index < -0.39 is 11.8 Å². The highest BCUT2D eigenvalue weighted by atomic mass is 16.7. The van der Waals surface area contributed by atoms with Crippen molar-refractivity contribution >= 4 is 5.97 Å². The summed E-state index contributed by atoms with van der Waals surface area (Å²) in [5, 5.41) is 19.4. The fourth-order valence-electron chi connectivity index (χ4n) is 2.93. The Balaban J connectivity index is 2.31. The number of benzene rings is 1. The van der Waals surface area contributed by atoms with Crippen LogP contribution in [0.1, 0.15) is 48.5 Å². The van der Waals surface area contributed by atoms with E-state index in [4.69, 9.17) is 14.2 Å². The van der Waals surface area contributed by atoms with Crippen LogP contribution in [0.25, 0.3) is 0 Å². The van der Waals surface area contributed by atoms with Gasteiger partial charge < -0.3 is 24.4 Å². The molecule has 1 fully saturated rings. The van der Waals surface area contributed by atoms with Crippen LogP contribution in [-0.4, -0.2) is 42.3 Å². The topological polar surface area (TPSA) is 85.2 Å². The van der Waals surface area contributed by atoms with Crippen LogP contribution in [0.3, 0.4) is 0 Å². The summed E-state index contributed by atoms with van der Waals surface area (Å²) in [5.74, 6) is -1.90. The van der Waals surface area contributed by atoms with Crippen LogP contribution in [-0.2, 0) is 15.9 Å². The molecule has 0 unspecified atom stereocenters. The second kappa shape index (κ2) is 7.66. The van der Waals surface area contributed by atoms with Crippen LogP contribution in [0, 0.1) is 0 Å². The highest BCUT2D eigenvalue weighted by Gasteiger charge is 2.37. The molecule has 1 aromatic rings. The molecule has 1 aromatic carbocycles. The van der Waals surface area contributed by atoms with Crippen LogP contribution in [0.15, 0.2) is 12.1 Å². The summed E-state index contributed by atoms with van der Waals surface area (Å²) in [5.41, 5.74) is 0.326. The van der Waals surface area contributed by atoms with E-state index in [1.54, 1.807) is 6.07 Å². The predicted molar refractivity (Wildman–Crippen MR) is 84.1 cm³/mol. The van der Waals surface area contributed by atoms with Gasteiger partial charge in [-0.25, -0.2) is 4.79 Å². The molecule has 0 atom stereocenters. The van der Waals surface area contributed by atoms with Gasteiger partial charge in [0.25, 0.3) is 0 Å². The lowest BCUT2D eigenvalue weighted by Gasteiger charge is -2.28. The first-order valence-corrected chi connectivity index (χ1v) is 7.92. The van der Waals surface area contributed by atoms with E-state index in [0.717, 1.165) is 19.3 Å². The lowest BCUT2D eigenvalue weighted by atomic mass is 9.94. The number of methoxy groups -OCH3 is 1. The van der Waals surface area contributed by atoms with Crippen molar-refractivity contribution in [3.63, 3.8) is 0 Å².